The van der Waals surface area contributed by atoms with Crippen molar-refractivity contribution in [3.63, 3.8) is 0 Å². The molecule has 0 bridgehead atoms. The lowest BCUT2D eigenvalue weighted by Gasteiger charge is -2.20. The number of hydrogen-bond acceptors (Lipinski definition) is 4. The van der Waals surface area contributed by atoms with Crippen LogP contribution in [0.3, 0.4) is 0 Å². The van der Waals surface area contributed by atoms with Crippen molar-refractivity contribution in [2.24, 2.45) is 11.8 Å². The fraction of sp³-hybridized carbons (Fsp3) is 0.435. The van der Waals surface area contributed by atoms with E-state index in [-0.39, 0.29) is 48.6 Å². The summed E-state index contributed by atoms with van der Waals surface area (Å²) >= 11 is 1.60. The zero-order valence-corrected chi connectivity index (χ0v) is 17.4. The number of thiophene rings is 1. The lowest BCUT2D eigenvalue weighted by Crippen LogP contribution is -2.36. The van der Waals surface area contributed by atoms with Crippen molar-refractivity contribution in [3.05, 3.63) is 57.8 Å². The number of rotatable bonds is 6. The van der Waals surface area contributed by atoms with E-state index in [0.29, 0.717) is 0 Å². The first-order valence-electron chi connectivity index (χ1n) is 10.3. The molecular weight excluding hydrogens is 384 g/mol. The largest absolute Gasteiger partial charge is 0.344 e. The molecule has 2 aliphatic rings. The number of nitrogens with zero attached hydrogens (tertiary/aromatic N) is 1. The number of hydrogen-bond donors (Lipinski definition) is 1. The second-order valence-electron chi connectivity index (χ2n) is 8.00. The van der Waals surface area contributed by atoms with Crippen LogP contribution in [-0.2, 0) is 14.4 Å². The van der Waals surface area contributed by atoms with Crippen molar-refractivity contribution in [3.8, 4) is 0 Å². The van der Waals surface area contributed by atoms with Gasteiger partial charge in [0.1, 0.15) is 0 Å². The summed E-state index contributed by atoms with van der Waals surface area (Å²) in [6.45, 7) is 2.20. The summed E-state index contributed by atoms with van der Waals surface area (Å²) < 4.78 is 0. The minimum Gasteiger partial charge on any atom is -0.344 e. The Hall–Kier alpha value is -2.47. The number of imide groups is 1. The zero-order chi connectivity index (χ0) is 20.4. The number of aryl methyl sites for hydroxylation is 1. The van der Waals surface area contributed by atoms with Crippen LogP contribution in [0.25, 0.3) is 0 Å². The van der Waals surface area contributed by atoms with Gasteiger partial charge in [-0.25, -0.2) is 0 Å². The summed E-state index contributed by atoms with van der Waals surface area (Å²) in [4.78, 5) is 40.3. The second kappa shape index (κ2) is 8.49. The highest BCUT2D eigenvalue weighted by atomic mass is 32.1. The number of carbonyl (C=O) groups is 3. The van der Waals surface area contributed by atoms with E-state index in [1.165, 1.54) is 4.90 Å². The lowest BCUT2D eigenvalue weighted by molar-refractivity contribution is -0.140. The maximum absolute atomic E-state index is 12.7. The number of likely N-dealkylation sites (tertiary alicyclic amines) is 1. The molecule has 1 aliphatic carbocycles. The fourth-order valence-corrected chi connectivity index (χ4v) is 5.23. The Labute approximate surface area is 175 Å². The summed E-state index contributed by atoms with van der Waals surface area (Å²) in [5, 5.41) is 5.09. The summed E-state index contributed by atoms with van der Waals surface area (Å²) in [5.74, 6) is -0.641. The number of benzene rings is 1. The molecule has 6 heteroatoms. The van der Waals surface area contributed by atoms with Crippen molar-refractivity contribution in [1.29, 1.82) is 0 Å². The predicted molar refractivity (Wildman–Crippen MR) is 112 cm³/mol. The molecule has 1 aliphatic heterocycles. The molecule has 4 rings (SSSR count). The summed E-state index contributed by atoms with van der Waals surface area (Å²) in [7, 11) is 0. The van der Waals surface area contributed by atoms with Gasteiger partial charge in [-0.1, -0.05) is 48.7 Å². The molecule has 1 aromatic heterocycles. The van der Waals surface area contributed by atoms with Crippen molar-refractivity contribution >= 4 is 29.1 Å². The molecule has 0 spiro atoms. The first kappa shape index (κ1) is 19.8. The highest BCUT2D eigenvalue weighted by Crippen LogP contribution is 2.38. The Bertz CT molecular complexity index is 867. The highest BCUT2D eigenvalue weighted by molar-refractivity contribution is 7.10. The fourth-order valence-electron chi connectivity index (χ4n) is 4.43. The molecule has 0 radical (unpaired) electrons. The molecule has 29 heavy (non-hydrogen) atoms. The SMILES string of the molecule is Cc1ccc([C@H](NC(=O)CCN2C(=O)[C@H]3CCCC[C@H]3C2=O)c2cccs2)cc1. The number of amides is 3. The summed E-state index contributed by atoms with van der Waals surface area (Å²) in [6.07, 6.45) is 3.74. The van der Waals surface area contributed by atoms with Crippen molar-refractivity contribution < 1.29 is 14.4 Å². The average molecular weight is 411 g/mol. The van der Waals surface area contributed by atoms with Gasteiger partial charge < -0.3 is 5.32 Å². The van der Waals surface area contributed by atoms with E-state index >= 15 is 0 Å². The molecule has 5 nitrogen and oxygen atoms in total. The molecule has 3 atom stereocenters. The Morgan fingerprint density at radius 2 is 1.76 bits per heavy atom. The monoisotopic (exact) mass is 410 g/mol. The standard InChI is InChI=1S/C23H26N2O3S/c1-15-8-10-16(11-9-15)21(19-7-4-14-29-19)24-20(26)12-13-25-22(27)17-5-2-3-6-18(17)23(25)28/h4,7-11,14,17-18,21H,2-3,5-6,12-13H2,1H3,(H,24,26)/t17-,18+,21-/m0/s1. The molecule has 2 fully saturated rings. The third-order valence-electron chi connectivity index (χ3n) is 6.04. The topological polar surface area (TPSA) is 66.5 Å². The molecule has 3 amide bonds. The Balaban J connectivity index is 1.41. The van der Waals surface area contributed by atoms with Gasteiger partial charge in [-0.3, -0.25) is 19.3 Å². The van der Waals surface area contributed by atoms with Crippen LogP contribution in [-0.4, -0.2) is 29.2 Å². The molecule has 1 saturated carbocycles. The van der Waals surface area contributed by atoms with Crippen LogP contribution in [0.1, 0.15) is 54.1 Å². The van der Waals surface area contributed by atoms with Gasteiger partial charge in [0.2, 0.25) is 17.7 Å². The average Bonchev–Trinajstić information content (AvgIpc) is 3.34. The van der Waals surface area contributed by atoms with Crippen molar-refractivity contribution in [2.45, 2.75) is 45.1 Å². The third kappa shape index (κ3) is 4.13. The Kier molecular flexibility index (Phi) is 5.81. The minimum absolute atomic E-state index is 0.0826. The van der Waals surface area contributed by atoms with E-state index in [0.717, 1.165) is 41.7 Å². The molecule has 2 aromatic rings. The Morgan fingerprint density at radius 3 is 2.34 bits per heavy atom. The normalized spacial score (nSPS) is 22.4. The van der Waals surface area contributed by atoms with Gasteiger partial charge in [-0.15, -0.1) is 11.3 Å². The molecule has 2 heterocycles. The quantitative estimate of drug-likeness (QED) is 0.736. The van der Waals surface area contributed by atoms with Gasteiger partial charge in [0, 0.05) is 17.8 Å². The first-order valence-corrected chi connectivity index (χ1v) is 11.2. The van der Waals surface area contributed by atoms with Crippen LogP contribution >= 0.6 is 11.3 Å². The van der Waals surface area contributed by atoms with Crippen LogP contribution in [0.4, 0.5) is 0 Å². The summed E-state index contributed by atoms with van der Waals surface area (Å²) in [6, 6.07) is 11.9. The van der Waals surface area contributed by atoms with E-state index < -0.39 is 0 Å². The molecule has 1 aromatic carbocycles. The predicted octanol–water partition coefficient (Wildman–Crippen LogP) is 3.83. The molecular formula is C23H26N2O3S. The zero-order valence-electron chi connectivity index (χ0n) is 16.6. The van der Waals surface area contributed by atoms with Gasteiger partial charge in [-0.05, 0) is 36.8 Å². The van der Waals surface area contributed by atoms with Gasteiger partial charge in [0.15, 0.2) is 0 Å². The van der Waals surface area contributed by atoms with Crippen molar-refractivity contribution in [1.82, 2.24) is 10.2 Å². The summed E-state index contributed by atoms with van der Waals surface area (Å²) in [5.41, 5.74) is 2.18. The van der Waals surface area contributed by atoms with Gasteiger partial charge in [-0.2, -0.15) is 0 Å². The number of fused-ring (bicyclic) bond motifs is 1. The maximum Gasteiger partial charge on any atom is 0.233 e. The van der Waals surface area contributed by atoms with E-state index in [1.54, 1.807) is 11.3 Å². The van der Waals surface area contributed by atoms with E-state index in [9.17, 15) is 14.4 Å². The van der Waals surface area contributed by atoms with Crippen LogP contribution in [0.5, 0.6) is 0 Å². The van der Waals surface area contributed by atoms with Gasteiger partial charge >= 0.3 is 0 Å². The van der Waals surface area contributed by atoms with E-state index in [4.69, 9.17) is 0 Å². The number of nitrogens with one attached hydrogen (secondary N) is 1. The molecule has 152 valence electrons. The van der Waals surface area contributed by atoms with Crippen LogP contribution < -0.4 is 5.32 Å². The van der Waals surface area contributed by atoms with E-state index in [2.05, 4.69) is 5.32 Å². The van der Waals surface area contributed by atoms with Gasteiger partial charge in [0.25, 0.3) is 0 Å². The van der Waals surface area contributed by atoms with Crippen molar-refractivity contribution in [2.75, 3.05) is 6.54 Å². The second-order valence-corrected chi connectivity index (χ2v) is 8.98. The molecule has 0 unspecified atom stereocenters. The molecule has 1 saturated heterocycles. The highest BCUT2D eigenvalue weighted by Gasteiger charge is 2.47. The third-order valence-corrected chi connectivity index (χ3v) is 6.98. The Morgan fingerprint density at radius 1 is 1.10 bits per heavy atom. The van der Waals surface area contributed by atoms with Crippen LogP contribution in [0.2, 0.25) is 0 Å². The number of carbonyl (C=O) groups excluding carboxylic acids is 3. The van der Waals surface area contributed by atoms with Crippen LogP contribution in [0, 0.1) is 18.8 Å². The minimum atomic E-state index is -0.226. The molecule has 1 N–H and O–H groups in total. The van der Waals surface area contributed by atoms with Gasteiger partial charge in [0.05, 0.1) is 17.9 Å². The maximum atomic E-state index is 12.7. The lowest BCUT2D eigenvalue weighted by atomic mass is 9.81. The smallest absolute Gasteiger partial charge is 0.233 e. The van der Waals surface area contributed by atoms with E-state index in [1.807, 2.05) is 48.7 Å². The van der Waals surface area contributed by atoms with Crippen LogP contribution in [0.15, 0.2) is 41.8 Å². The first-order chi connectivity index (χ1) is 14.0.